The summed E-state index contributed by atoms with van der Waals surface area (Å²) in [4.78, 5) is 3.63. The Balaban J connectivity index is 3.04. The van der Waals surface area contributed by atoms with Crippen molar-refractivity contribution in [3.8, 4) is 0 Å². The summed E-state index contributed by atoms with van der Waals surface area (Å²) in [6, 6.07) is 4.88. The monoisotopic (exact) mass is 348 g/mol. The highest BCUT2D eigenvalue weighted by atomic mass is 79.9. The third kappa shape index (κ3) is 4.53. The van der Waals surface area contributed by atoms with Crippen LogP contribution in [0.25, 0.3) is 0 Å². The molecule has 19 heavy (non-hydrogen) atoms. The Bertz CT molecular complexity index is 366. The molecule has 0 aliphatic rings. The largest absolute Gasteiger partial charge is 0.395 e. The number of nitrogens with two attached hydrogens (primary N) is 1. The number of aliphatic hydroxyl groups is 1. The fourth-order valence-corrected chi connectivity index (χ4v) is 4.29. The minimum absolute atomic E-state index is 0.0395. The van der Waals surface area contributed by atoms with Gasteiger partial charge in [0, 0.05) is 23.5 Å². The first-order valence-electron chi connectivity index (χ1n) is 6.92. The summed E-state index contributed by atoms with van der Waals surface area (Å²) in [6.07, 6.45) is 2.15. The molecule has 3 nitrogen and oxygen atoms in total. The minimum atomic E-state index is 0.0395. The van der Waals surface area contributed by atoms with Gasteiger partial charge in [0.2, 0.25) is 0 Å². The van der Waals surface area contributed by atoms with E-state index in [2.05, 4.69) is 46.8 Å². The van der Waals surface area contributed by atoms with Crippen molar-refractivity contribution in [1.29, 1.82) is 0 Å². The van der Waals surface area contributed by atoms with Crippen LogP contribution in [0.3, 0.4) is 0 Å². The zero-order valence-electron chi connectivity index (χ0n) is 12.0. The van der Waals surface area contributed by atoms with Gasteiger partial charge in [-0.2, -0.15) is 0 Å². The van der Waals surface area contributed by atoms with E-state index in [4.69, 9.17) is 5.73 Å². The smallest absolute Gasteiger partial charge is 0.0702 e. The van der Waals surface area contributed by atoms with Crippen LogP contribution in [-0.4, -0.2) is 35.2 Å². The lowest BCUT2D eigenvalue weighted by molar-refractivity contribution is 0.0869. The Morgan fingerprint density at radius 3 is 2.37 bits per heavy atom. The second kappa shape index (κ2) is 8.37. The van der Waals surface area contributed by atoms with Crippen molar-refractivity contribution in [3.05, 3.63) is 20.8 Å². The Labute approximate surface area is 128 Å². The normalized spacial score (nSPS) is 15.2. The Morgan fingerprint density at radius 2 is 2.00 bits per heavy atom. The van der Waals surface area contributed by atoms with Crippen LogP contribution in [0, 0.1) is 0 Å². The maximum atomic E-state index is 9.37. The maximum Gasteiger partial charge on any atom is 0.0702 e. The van der Waals surface area contributed by atoms with Gasteiger partial charge in [0.1, 0.15) is 0 Å². The van der Waals surface area contributed by atoms with E-state index in [1.807, 2.05) is 6.92 Å². The van der Waals surface area contributed by atoms with Crippen LogP contribution in [0.15, 0.2) is 15.9 Å². The van der Waals surface area contributed by atoms with Crippen molar-refractivity contribution in [3.63, 3.8) is 0 Å². The highest BCUT2D eigenvalue weighted by molar-refractivity contribution is 9.11. The van der Waals surface area contributed by atoms with Crippen molar-refractivity contribution >= 4 is 27.3 Å². The van der Waals surface area contributed by atoms with Gasteiger partial charge >= 0.3 is 0 Å². The standard InChI is InChI=1S/C14H25BrN2OS/c1-4-11(5-2)17(8-9-18)14(10(3)16)12-6-7-13(15)19-12/h6-7,10-11,14,18H,4-5,8-9,16H2,1-3H3. The molecule has 1 aromatic rings. The summed E-state index contributed by atoms with van der Waals surface area (Å²) in [6.45, 7) is 7.29. The lowest BCUT2D eigenvalue weighted by Crippen LogP contribution is -2.45. The van der Waals surface area contributed by atoms with Gasteiger partial charge in [0.05, 0.1) is 16.4 Å². The number of hydrogen-bond donors (Lipinski definition) is 2. The van der Waals surface area contributed by atoms with E-state index < -0.39 is 0 Å². The molecule has 0 spiro atoms. The van der Waals surface area contributed by atoms with Crippen molar-refractivity contribution in [2.75, 3.05) is 13.2 Å². The first kappa shape index (κ1) is 17.1. The molecule has 1 aromatic heterocycles. The molecule has 110 valence electrons. The predicted octanol–water partition coefficient (Wildman–Crippen LogP) is 3.38. The molecule has 0 radical (unpaired) electrons. The predicted molar refractivity (Wildman–Crippen MR) is 86.6 cm³/mol. The molecule has 5 heteroatoms. The van der Waals surface area contributed by atoms with Crippen LogP contribution >= 0.6 is 27.3 Å². The summed E-state index contributed by atoms with van der Waals surface area (Å²) < 4.78 is 1.13. The number of rotatable bonds is 8. The van der Waals surface area contributed by atoms with E-state index in [0.29, 0.717) is 12.6 Å². The minimum Gasteiger partial charge on any atom is -0.395 e. The number of hydrogen-bond acceptors (Lipinski definition) is 4. The zero-order valence-corrected chi connectivity index (χ0v) is 14.4. The summed E-state index contributed by atoms with van der Waals surface area (Å²) in [5.41, 5.74) is 6.22. The van der Waals surface area contributed by atoms with Crippen LogP contribution in [0.2, 0.25) is 0 Å². The van der Waals surface area contributed by atoms with Crippen LogP contribution in [-0.2, 0) is 0 Å². The van der Waals surface area contributed by atoms with E-state index in [0.717, 1.165) is 16.6 Å². The third-order valence-electron chi connectivity index (χ3n) is 3.51. The summed E-state index contributed by atoms with van der Waals surface area (Å²) in [5.74, 6) is 0. The third-order valence-corrected chi connectivity index (χ3v) is 5.20. The molecule has 0 aliphatic heterocycles. The Morgan fingerprint density at radius 1 is 1.37 bits per heavy atom. The van der Waals surface area contributed by atoms with Crippen LogP contribution < -0.4 is 5.73 Å². The number of thiophene rings is 1. The van der Waals surface area contributed by atoms with Crippen molar-refractivity contribution < 1.29 is 5.11 Å². The van der Waals surface area contributed by atoms with E-state index in [1.165, 1.54) is 4.88 Å². The second-order valence-corrected chi connectivity index (χ2v) is 7.37. The topological polar surface area (TPSA) is 49.5 Å². The van der Waals surface area contributed by atoms with Crippen molar-refractivity contribution in [2.45, 2.75) is 51.7 Å². The molecule has 0 aliphatic carbocycles. The highest BCUT2D eigenvalue weighted by Crippen LogP contribution is 2.34. The Kier molecular flexibility index (Phi) is 7.54. The van der Waals surface area contributed by atoms with Gasteiger partial charge in [-0.1, -0.05) is 13.8 Å². The quantitative estimate of drug-likeness (QED) is 0.756. The molecular weight excluding hydrogens is 324 g/mol. The van der Waals surface area contributed by atoms with Gasteiger partial charge < -0.3 is 10.8 Å². The number of halogens is 1. The molecule has 0 amide bonds. The lowest BCUT2D eigenvalue weighted by atomic mass is 10.0. The summed E-state index contributed by atoms with van der Waals surface area (Å²) in [7, 11) is 0. The van der Waals surface area contributed by atoms with Gasteiger partial charge in [-0.15, -0.1) is 11.3 Å². The molecular formula is C14H25BrN2OS. The molecule has 1 rings (SSSR count). The molecule has 0 saturated heterocycles. The number of nitrogens with zero attached hydrogens (tertiary/aromatic N) is 1. The number of aliphatic hydroxyl groups excluding tert-OH is 1. The summed E-state index contributed by atoms with van der Waals surface area (Å²) >= 11 is 5.25. The van der Waals surface area contributed by atoms with Gasteiger partial charge in [-0.3, -0.25) is 4.90 Å². The average Bonchev–Trinajstić information content (AvgIpc) is 2.77. The maximum absolute atomic E-state index is 9.37. The van der Waals surface area contributed by atoms with Crippen LogP contribution in [0.1, 0.15) is 44.5 Å². The zero-order chi connectivity index (χ0) is 14.4. The molecule has 2 atom stereocenters. The molecule has 2 unspecified atom stereocenters. The fraction of sp³-hybridized carbons (Fsp3) is 0.714. The van der Waals surface area contributed by atoms with Gasteiger partial charge in [-0.05, 0) is 47.8 Å². The Hall–Kier alpha value is 0.0600. The second-order valence-electron chi connectivity index (χ2n) is 4.88. The molecule has 1 heterocycles. The van der Waals surface area contributed by atoms with Crippen molar-refractivity contribution in [2.24, 2.45) is 5.73 Å². The van der Waals surface area contributed by atoms with E-state index in [1.54, 1.807) is 11.3 Å². The van der Waals surface area contributed by atoms with E-state index >= 15 is 0 Å². The first-order chi connectivity index (χ1) is 9.04. The highest BCUT2D eigenvalue weighted by Gasteiger charge is 2.29. The SMILES string of the molecule is CCC(CC)N(CCO)C(c1ccc(Br)s1)C(C)N. The van der Waals surface area contributed by atoms with Gasteiger partial charge in [0.15, 0.2) is 0 Å². The molecule has 0 bridgehead atoms. The summed E-state index contributed by atoms with van der Waals surface area (Å²) in [5, 5.41) is 9.37. The van der Waals surface area contributed by atoms with Crippen LogP contribution in [0.5, 0.6) is 0 Å². The van der Waals surface area contributed by atoms with Crippen molar-refractivity contribution in [1.82, 2.24) is 4.90 Å². The van der Waals surface area contributed by atoms with Gasteiger partial charge in [0.25, 0.3) is 0 Å². The lowest BCUT2D eigenvalue weighted by Gasteiger charge is -2.38. The molecule has 0 aromatic carbocycles. The average molecular weight is 349 g/mol. The van der Waals surface area contributed by atoms with Crippen LogP contribution in [0.4, 0.5) is 0 Å². The molecule has 3 N–H and O–H groups in total. The molecule has 0 fully saturated rings. The molecule has 0 saturated carbocycles. The van der Waals surface area contributed by atoms with E-state index in [-0.39, 0.29) is 18.7 Å². The van der Waals surface area contributed by atoms with E-state index in [9.17, 15) is 5.11 Å². The van der Waals surface area contributed by atoms with Gasteiger partial charge in [-0.25, -0.2) is 0 Å². The first-order valence-corrected chi connectivity index (χ1v) is 8.53. The fourth-order valence-electron chi connectivity index (χ4n) is 2.63.